The molecule has 0 radical (unpaired) electrons. The summed E-state index contributed by atoms with van der Waals surface area (Å²) in [7, 11) is 0. The van der Waals surface area contributed by atoms with Gasteiger partial charge in [0.2, 0.25) is 6.23 Å². The topological polar surface area (TPSA) is 106 Å². The summed E-state index contributed by atoms with van der Waals surface area (Å²) in [5, 5.41) is 27.3. The van der Waals surface area contributed by atoms with Crippen molar-refractivity contribution in [3.63, 3.8) is 0 Å². The molecule has 0 spiro atoms. The van der Waals surface area contributed by atoms with E-state index in [4.69, 9.17) is 26.9 Å². The number of aliphatic hydroxyl groups is 2. The van der Waals surface area contributed by atoms with Crippen LogP contribution in [-0.2, 0) is 4.74 Å². The second kappa shape index (κ2) is 6.00. The number of hydrogen-bond donors (Lipinski definition) is 4. The molecule has 1 saturated heterocycles. The lowest BCUT2D eigenvalue weighted by Gasteiger charge is -2.28. The second-order valence-electron chi connectivity index (χ2n) is 4.09. The first-order chi connectivity index (χ1) is 9.30. The van der Waals surface area contributed by atoms with Crippen LogP contribution in [0.15, 0.2) is 12.8 Å². The van der Waals surface area contributed by atoms with Gasteiger partial charge < -0.3 is 14.9 Å². The Morgan fingerprint density at radius 1 is 1.65 bits per heavy atom. The fourth-order valence-electron chi connectivity index (χ4n) is 1.79. The Bertz CT molecular complexity index is 406. The summed E-state index contributed by atoms with van der Waals surface area (Å²) in [4.78, 5) is 11.9. The van der Waals surface area contributed by atoms with Crippen molar-refractivity contribution in [3.8, 4) is 0 Å². The van der Waals surface area contributed by atoms with Gasteiger partial charge in [-0.1, -0.05) is 6.58 Å². The largest absolute Gasteiger partial charge is 0.393 e. The summed E-state index contributed by atoms with van der Waals surface area (Å²) in [6, 6.07) is -1.10. The van der Waals surface area contributed by atoms with Crippen molar-refractivity contribution in [1.29, 1.82) is 5.41 Å². The normalized spacial score (nSPS) is 31.6. The molecule has 0 aromatic rings. The van der Waals surface area contributed by atoms with Crippen molar-refractivity contribution < 1.29 is 28.5 Å². The van der Waals surface area contributed by atoms with Gasteiger partial charge in [-0.25, -0.2) is 4.79 Å². The lowest BCUT2D eigenvalue weighted by Crippen LogP contribution is -2.52. The Balaban J connectivity index is 3.14. The summed E-state index contributed by atoms with van der Waals surface area (Å²) < 4.78 is 33.0. The van der Waals surface area contributed by atoms with Crippen molar-refractivity contribution in [2.24, 2.45) is 0 Å². The first-order valence-corrected chi connectivity index (χ1v) is 5.95. The number of hydrogen-bond acceptors (Lipinski definition) is 5. The minimum atomic E-state index is -3.88. The number of urea groups is 1. The Labute approximate surface area is 118 Å². The molecule has 114 valence electrons. The van der Waals surface area contributed by atoms with Crippen LogP contribution in [0.1, 0.15) is 0 Å². The van der Waals surface area contributed by atoms with Gasteiger partial charge in [0.1, 0.15) is 5.60 Å². The molecule has 0 saturated carbocycles. The Kier molecular flexibility index (Phi) is 5.03. The third kappa shape index (κ3) is 2.49. The van der Waals surface area contributed by atoms with Crippen LogP contribution in [0.5, 0.6) is 0 Å². The van der Waals surface area contributed by atoms with Crippen LogP contribution >= 0.6 is 11.6 Å². The third-order valence-corrected chi connectivity index (χ3v) is 3.36. The number of aliphatic hydroxyl groups excluding tert-OH is 2. The summed E-state index contributed by atoms with van der Waals surface area (Å²) in [5.41, 5.74) is -2.10. The van der Waals surface area contributed by atoms with E-state index in [1.807, 2.05) is 5.32 Å². The zero-order valence-electron chi connectivity index (χ0n) is 10.2. The highest BCUT2D eigenvalue weighted by atomic mass is 35.5. The summed E-state index contributed by atoms with van der Waals surface area (Å²) in [6.07, 6.45) is -3.37. The monoisotopic (exact) mass is 313 g/mol. The molecule has 1 fully saturated rings. The number of rotatable bonds is 5. The molecule has 1 aliphatic heterocycles. The maximum atomic E-state index is 14.0. The van der Waals surface area contributed by atoms with Gasteiger partial charge in [-0.2, -0.15) is 8.78 Å². The molecule has 1 rings (SSSR count). The molecule has 10 heteroatoms. The van der Waals surface area contributed by atoms with E-state index >= 15 is 0 Å². The van der Waals surface area contributed by atoms with E-state index < -0.39 is 42.4 Å². The average Bonchev–Trinajstić information content (AvgIpc) is 2.61. The van der Waals surface area contributed by atoms with Gasteiger partial charge in [-0.3, -0.25) is 15.6 Å². The zero-order valence-corrected chi connectivity index (χ0v) is 11.0. The van der Waals surface area contributed by atoms with Crippen molar-refractivity contribution in [2.45, 2.75) is 23.9 Å². The second-order valence-corrected chi connectivity index (χ2v) is 4.35. The maximum Gasteiger partial charge on any atom is 0.328 e. The maximum absolute atomic E-state index is 14.0. The van der Waals surface area contributed by atoms with Crippen LogP contribution in [0.2, 0.25) is 0 Å². The lowest BCUT2D eigenvalue weighted by molar-refractivity contribution is -0.147. The van der Waals surface area contributed by atoms with E-state index in [1.54, 1.807) is 0 Å². The number of nitrogens with one attached hydrogen (secondary N) is 2. The average molecular weight is 314 g/mol. The first-order valence-electron chi connectivity index (χ1n) is 5.41. The van der Waals surface area contributed by atoms with E-state index in [2.05, 4.69) is 6.58 Å². The molecule has 20 heavy (non-hydrogen) atoms. The molecule has 0 bridgehead atoms. The zero-order chi connectivity index (χ0) is 15.6. The highest BCUT2D eigenvalue weighted by Crippen LogP contribution is 2.44. The number of halogens is 3. The molecule has 2 amide bonds. The minimum absolute atomic E-state index is 0.373. The van der Waals surface area contributed by atoms with Gasteiger partial charge in [0.05, 0.1) is 18.8 Å². The van der Waals surface area contributed by atoms with Crippen LogP contribution < -0.4 is 5.32 Å². The summed E-state index contributed by atoms with van der Waals surface area (Å²) in [6.45, 7) is 2.24. The molecule has 0 aromatic carbocycles. The van der Waals surface area contributed by atoms with Crippen LogP contribution in [0.3, 0.4) is 0 Å². The molecular weight excluding hydrogens is 300 g/mol. The number of nitrogens with zero attached hydrogens (tertiary/aromatic N) is 1. The third-order valence-electron chi connectivity index (χ3n) is 2.91. The predicted molar refractivity (Wildman–Crippen MR) is 65.7 cm³/mol. The van der Waals surface area contributed by atoms with Crippen molar-refractivity contribution in [2.75, 3.05) is 12.5 Å². The van der Waals surface area contributed by atoms with E-state index in [9.17, 15) is 18.7 Å². The molecule has 1 aliphatic rings. The SMILES string of the molecule is C=CN(C(=O)NC=N)[C@@H]1O[C@@](CO)(CCl)[C@@H](O)C1(F)F. The molecule has 3 atom stereocenters. The van der Waals surface area contributed by atoms with Gasteiger partial charge >= 0.3 is 12.0 Å². The van der Waals surface area contributed by atoms with Crippen LogP contribution in [0, 0.1) is 5.41 Å². The van der Waals surface area contributed by atoms with Crippen LogP contribution in [-0.4, -0.2) is 63.8 Å². The van der Waals surface area contributed by atoms with Crippen molar-refractivity contribution in [1.82, 2.24) is 10.2 Å². The van der Waals surface area contributed by atoms with Crippen molar-refractivity contribution in [3.05, 3.63) is 12.8 Å². The highest BCUT2D eigenvalue weighted by molar-refractivity contribution is 6.18. The van der Waals surface area contributed by atoms with Gasteiger partial charge in [0.25, 0.3) is 0 Å². The van der Waals surface area contributed by atoms with Crippen LogP contribution in [0.25, 0.3) is 0 Å². The van der Waals surface area contributed by atoms with E-state index in [0.717, 1.165) is 6.20 Å². The molecule has 0 aliphatic carbocycles. The fraction of sp³-hybridized carbons (Fsp3) is 0.600. The molecule has 1 heterocycles. The number of amides is 2. The Morgan fingerprint density at radius 2 is 2.25 bits per heavy atom. The van der Waals surface area contributed by atoms with Gasteiger partial charge in [0, 0.05) is 6.20 Å². The first kappa shape index (κ1) is 16.8. The number of alkyl halides is 3. The lowest BCUT2D eigenvalue weighted by atomic mass is 9.97. The van der Waals surface area contributed by atoms with Crippen LogP contribution in [0.4, 0.5) is 13.6 Å². The van der Waals surface area contributed by atoms with E-state index in [0.29, 0.717) is 11.2 Å². The Hall–Kier alpha value is -1.29. The Morgan fingerprint density at radius 3 is 2.60 bits per heavy atom. The predicted octanol–water partition coefficient (Wildman–Crippen LogP) is 0.0710. The smallest absolute Gasteiger partial charge is 0.328 e. The number of carbonyl (C=O) groups excluding carboxylic acids is 1. The van der Waals surface area contributed by atoms with Gasteiger partial charge in [0.15, 0.2) is 6.10 Å². The molecule has 7 nitrogen and oxygen atoms in total. The number of carbonyl (C=O) groups is 1. The molecular formula is C10H14ClF2N3O4. The minimum Gasteiger partial charge on any atom is -0.393 e. The summed E-state index contributed by atoms with van der Waals surface area (Å²) in [5.74, 6) is -4.49. The number of ether oxygens (including phenoxy) is 1. The quantitative estimate of drug-likeness (QED) is 0.327. The van der Waals surface area contributed by atoms with Gasteiger partial charge in [-0.15, -0.1) is 11.6 Å². The molecule has 4 N–H and O–H groups in total. The van der Waals surface area contributed by atoms with Gasteiger partial charge in [-0.05, 0) is 0 Å². The molecule has 0 aromatic heterocycles. The van der Waals surface area contributed by atoms with E-state index in [1.165, 1.54) is 0 Å². The molecule has 0 unspecified atom stereocenters. The van der Waals surface area contributed by atoms with E-state index in [-0.39, 0.29) is 0 Å². The summed E-state index contributed by atoms with van der Waals surface area (Å²) >= 11 is 5.48. The fourth-order valence-corrected chi connectivity index (χ4v) is 2.08. The van der Waals surface area contributed by atoms with Crippen molar-refractivity contribution >= 4 is 24.0 Å². The standard InChI is InChI=1S/C10H14ClF2N3O4/c1-2-16(8(19)15-5-14)7-10(12,13)6(18)9(3-11,4-17)20-7/h2,5-7,17-18H,1,3-4H2,(H2,14,15,19)/t6-,7-,9-/m1/s1. The highest BCUT2D eigenvalue weighted by Gasteiger charge is 2.67.